The van der Waals surface area contributed by atoms with E-state index in [0.717, 1.165) is 29.5 Å². The molecule has 2 unspecified atom stereocenters. The number of alkyl carbamates (subject to hydrolysis) is 1. The van der Waals surface area contributed by atoms with Gasteiger partial charge in [-0.15, -0.1) is 0 Å². The fourth-order valence-corrected chi connectivity index (χ4v) is 6.59. The Kier molecular flexibility index (Phi) is 7.98. The molecule has 1 aliphatic heterocycles. The van der Waals surface area contributed by atoms with Gasteiger partial charge in [-0.1, -0.05) is 78.9 Å². The van der Waals surface area contributed by atoms with Gasteiger partial charge >= 0.3 is 12.1 Å². The van der Waals surface area contributed by atoms with E-state index in [1.54, 1.807) is 0 Å². The van der Waals surface area contributed by atoms with Gasteiger partial charge in [-0.3, -0.25) is 9.69 Å². The summed E-state index contributed by atoms with van der Waals surface area (Å²) in [7, 11) is 0. The molecule has 2 atom stereocenters. The summed E-state index contributed by atoms with van der Waals surface area (Å²) in [6.07, 6.45) is 2.02. The van der Waals surface area contributed by atoms with Crippen LogP contribution in [-0.2, 0) is 20.9 Å². The first kappa shape index (κ1) is 28.0. The number of nitrogens with one attached hydrogen (secondary N) is 2. The van der Waals surface area contributed by atoms with Crippen molar-refractivity contribution in [2.24, 2.45) is 11.8 Å². The van der Waals surface area contributed by atoms with Crippen molar-refractivity contribution in [2.45, 2.75) is 43.7 Å². The van der Waals surface area contributed by atoms with Crippen molar-refractivity contribution < 1.29 is 24.2 Å². The summed E-state index contributed by atoms with van der Waals surface area (Å²) < 4.78 is 5.68. The first-order valence-electron chi connectivity index (χ1n) is 14.8. The maximum Gasteiger partial charge on any atom is 0.407 e. The van der Waals surface area contributed by atoms with Gasteiger partial charge in [0.2, 0.25) is 5.91 Å². The van der Waals surface area contributed by atoms with Crippen LogP contribution in [0.25, 0.3) is 11.1 Å². The summed E-state index contributed by atoms with van der Waals surface area (Å²) in [6.45, 7) is 2.04. The summed E-state index contributed by atoms with van der Waals surface area (Å²) in [5, 5.41) is 15.8. The van der Waals surface area contributed by atoms with E-state index in [-0.39, 0.29) is 37.3 Å². The number of carboxylic acids is 1. The first-order valence-corrected chi connectivity index (χ1v) is 14.8. The second-order valence-electron chi connectivity index (χ2n) is 11.9. The minimum absolute atomic E-state index is 0.0202. The third-order valence-electron chi connectivity index (χ3n) is 8.97. The molecule has 42 heavy (non-hydrogen) atoms. The Morgan fingerprint density at radius 2 is 1.57 bits per heavy atom. The highest BCUT2D eigenvalue weighted by molar-refractivity contribution is 5.88. The first-order chi connectivity index (χ1) is 20.4. The summed E-state index contributed by atoms with van der Waals surface area (Å²) >= 11 is 0. The number of hydrogen-bond acceptors (Lipinski definition) is 5. The molecule has 2 fully saturated rings. The molecular formula is C34H37N3O5. The molecule has 0 radical (unpaired) electrons. The minimum atomic E-state index is -1.31. The number of hydrogen-bond donors (Lipinski definition) is 3. The number of carbonyl (C=O) groups is 3. The third-order valence-corrected chi connectivity index (χ3v) is 8.97. The van der Waals surface area contributed by atoms with Gasteiger partial charge in [0.15, 0.2) is 5.54 Å². The Bertz CT molecular complexity index is 1410. The number of benzene rings is 3. The molecule has 2 amide bonds. The molecule has 1 heterocycles. The Morgan fingerprint density at radius 3 is 2.21 bits per heavy atom. The van der Waals surface area contributed by atoms with Crippen molar-refractivity contribution in [2.75, 3.05) is 26.2 Å². The fraction of sp³-hybridized carbons (Fsp3) is 0.382. The molecule has 0 bridgehead atoms. The number of carbonyl (C=O) groups excluding carboxylic acids is 2. The van der Waals surface area contributed by atoms with Crippen LogP contribution in [0.1, 0.15) is 48.3 Å². The number of carboxylic acid groups (broad SMARTS) is 1. The molecule has 6 rings (SSSR count). The molecule has 0 aromatic heterocycles. The molecule has 1 saturated carbocycles. The monoisotopic (exact) mass is 567 g/mol. The van der Waals surface area contributed by atoms with Gasteiger partial charge in [-0.2, -0.15) is 0 Å². The van der Waals surface area contributed by atoms with Gasteiger partial charge in [0, 0.05) is 38.5 Å². The van der Waals surface area contributed by atoms with Crippen molar-refractivity contribution in [3.8, 4) is 11.1 Å². The van der Waals surface area contributed by atoms with Gasteiger partial charge in [-0.25, -0.2) is 9.59 Å². The van der Waals surface area contributed by atoms with E-state index < -0.39 is 17.6 Å². The molecule has 8 heteroatoms. The van der Waals surface area contributed by atoms with Crippen molar-refractivity contribution >= 4 is 18.0 Å². The minimum Gasteiger partial charge on any atom is -0.479 e. The average molecular weight is 568 g/mol. The van der Waals surface area contributed by atoms with Gasteiger partial charge in [0.25, 0.3) is 0 Å². The lowest BCUT2D eigenvalue weighted by molar-refractivity contribution is -0.147. The SMILES string of the molecule is O=C(CC(CNC(=O)OCC1c2ccccc2-c2ccccc21)C1CC1)NC1(C(=O)O)CCN(Cc2ccccc2)C1. The maximum absolute atomic E-state index is 13.2. The Morgan fingerprint density at radius 1 is 0.929 bits per heavy atom. The number of nitrogens with zero attached hydrogens (tertiary/aromatic N) is 1. The topological polar surface area (TPSA) is 108 Å². The number of likely N-dealkylation sites (tertiary alicyclic amines) is 1. The summed E-state index contributed by atoms with van der Waals surface area (Å²) in [5.74, 6) is -1.05. The zero-order valence-electron chi connectivity index (χ0n) is 23.6. The Balaban J connectivity index is 1.01. The molecule has 3 N–H and O–H groups in total. The second kappa shape index (κ2) is 12.0. The van der Waals surface area contributed by atoms with Crippen LogP contribution in [0, 0.1) is 11.8 Å². The number of amides is 2. The van der Waals surface area contributed by atoms with Crippen LogP contribution in [-0.4, -0.2) is 59.8 Å². The van der Waals surface area contributed by atoms with Crippen molar-refractivity contribution in [1.29, 1.82) is 0 Å². The molecule has 3 aliphatic rings. The van der Waals surface area contributed by atoms with Crippen molar-refractivity contribution in [3.63, 3.8) is 0 Å². The maximum atomic E-state index is 13.2. The van der Waals surface area contributed by atoms with E-state index in [1.165, 1.54) is 11.1 Å². The molecule has 3 aromatic carbocycles. The largest absolute Gasteiger partial charge is 0.479 e. The molecule has 2 aliphatic carbocycles. The van der Waals surface area contributed by atoms with E-state index in [4.69, 9.17) is 4.74 Å². The molecule has 3 aromatic rings. The Hall–Kier alpha value is -4.17. The molecule has 0 spiro atoms. The van der Waals surface area contributed by atoms with Crippen molar-refractivity contribution in [3.05, 3.63) is 95.6 Å². The highest BCUT2D eigenvalue weighted by atomic mass is 16.5. The van der Waals surface area contributed by atoms with E-state index in [1.807, 2.05) is 54.6 Å². The molecule has 8 nitrogen and oxygen atoms in total. The van der Waals surface area contributed by atoms with Crippen LogP contribution in [0.15, 0.2) is 78.9 Å². The summed E-state index contributed by atoms with van der Waals surface area (Å²) in [6, 6.07) is 26.3. The summed E-state index contributed by atoms with van der Waals surface area (Å²) in [5.41, 5.74) is 4.46. The third kappa shape index (κ3) is 6.04. The smallest absolute Gasteiger partial charge is 0.407 e. The molecular weight excluding hydrogens is 530 g/mol. The lowest BCUT2D eigenvalue weighted by Crippen LogP contribution is -2.56. The van der Waals surface area contributed by atoms with E-state index in [2.05, 4.69) is 39.8 Å². The predicted molar refractivity (Wildman–Crippen MR) is 159 cm³/mol. The van der Waals surface area contributed by atoms with Crippen LogP contribution < -0.4 is 10.6 Å². The van der Waals surface area contributed by atoms with Crippen LogP contribution in [0.2, 0.25) is 0 Å². The van der Waals surface area contributed by atoms with Crippen LogP contribution in [0.5, 0.6) is 0 Å². The molecule has 218 valence electrons. The number of fused-ring (bicyclic) bond motifs is 3. The van der Waals surface area contributed by atoms with Crippen LogP contribution in [0.3, 0.4) is 0 Å². The van der Waals surface area contributed by atoms with Gasteiger partial charge in [0.1, 0.15) is 6.61 Å². The predicted octanol–water partition coefficient (Wildman–Crippen LogP) is 4.79. The summed E-state index contributed by atoms with van der Waals surface area (Å²) in [4.78, 5) is 40.3. The zero-order valence-corrected chi connectivity index (χ0v) is 23.6. The van der Waals surface area contributed by atoms with Gasteiger partial charge in [-0.05, 0) is 58.9 Å². The van der Waals surface area contributed by atoms with E-state index >= 15 is 0 Å². The zero-order chi connectivity index (χ0) is 29.1. The fourth-order valence-electron chi connectivity index (χ4n) is 6.59. The van der Waals surface area contributed by atoms with Crippen LogP contribution >= 0.6 is 0 Å². The lowest BCUT2D eigenvalue weighted by Gasteiger charge is -2.27. The lowest BCUT2D eigenvalue weighted by atomic mass is 9.95. The highest BCUT2D eigenvalue weighted by Gasteiger charge is 2.46. The number of aliphatic carboxylic acids is 1. The van der Waals surface area contributed by atoms with E-state index in [9.17, 15) is 19.5 Å². The number of rotatable bonds is 11. The van der Waals surface area contributed by atoms with E-state index in [0.29, 0.717) is 32.0 Å². The Labute approximate surface area is 246 Å². The quantitative estimate of drug-likeness (QED) is 0.308. The normalized spacial score (nSPS) is 20.4. The standard InChI is InChI=1S/C34H37N3O5/c38-31(36-34(32(39)40)16-17-37(22-34)20-23-8-2-1-3-9-23)18-25(24-14-15-24)19-35-33(41)42-21-30-28-12-6-4-10-26(28)27-11-5-7-13-29(27)30/h1-13,24-25,30H,14-22H2,(H,35,41)(H,36,38)(H,39,40). The highest BCUT2D eigenvalue weighted by Crippen LogP contribution is 2.44. The van der Waals surface area contributed by atoms with Crippen LogP contribution in [0.4, 0.5) is 4.79 Å². The molecule has 1 saturated heterocycles. The van der Waals surface area contributed by atoms with Gasteiger partial charge < -0.3 is 20.5 Å². The average Bonchev–Trinajstić information content (AvgIpc) is 3.69. The number of ether oxygens (including phenoxy) is 1. The van der Waals surface area contributed by atoms with Crippen molar-refractivity contribution in [1.82, 2.24) is 15.5 Å². The second-order valence-corrected chi connectivity index (χ2v) is 11.9. The van der Waals surface area contributed by atoms with Gasteiger partial charge in [0.05, 0.1) is 0 Å².